The van der Waals surface area contributed by atoms with Crippen LogP contribution in [-0.2, 0) is 5.41 Å². The molecule has 0 amide bonds. The first kappa shape index (κ1) is 26.0. The summed E-state index contributed by atoms with van der Waals surface area (Å²) >= 11 is 1.91. The Morgan fingerprint density at radius 3 is 1.72 bits per heavy atom. The number of fused-ring (bicyclic) bond motifs is 9. The molecule has 216 valence electrons. The second-order valence-corrected chi connectivity index (χ2v) is 14.3. The lowest BCUT2D eigenvalue weighted by Crippen LogP contribution is -2.14. The van der Waals surface area contributed by atoms with Gasteiger partial charge >= 0.3 is 0 Å². The van der Waals surface area contributed by atoms with E-state index in [2.05, 4.69) is 159 Å². The maximum absolute atomic E-state index is 2.48. The Hall–Kier alpha value is -5.24. The molecule has 0 saturated heterocycles. The van der Waals surface area contributed by atoms with Gasteiger partial charge in [-0.15, -0.1) is 11.3 Å². The average Bonchev–Trinajstić information content (AvgIpc) is 3.57. The Morgan fingerprint density at radius 2 is 0.978 bits per heavy atom. The molecule has 1 aliphatic rings. The van der Waals surface area contributed by atoms with Crippen molar-refractivity contribution in [3.63, 3.8) is 0 Å². The van der Waals surface area contributed by atoms with Crippen LogP contribution in [0.15, 0.2) is 146 Å². The highest BCUT2D eigenvalue weighted by Gasteiger charge is 2.36. The van der Waals surface area contributed by atoms with Gasteiger partial charge in [0.2, 0.25) is 0 Å². The van der Waals surface area contributed by atoms with Crippen LogP contribution in [0.4, 0.5) is 0 Å². The van der Waals surface area contributed by atoms with Crippen molar-refractivity contribution in [1.29, 1.82) is 0 Å². The van der Waals surface area contributed by atoms with Crippen LogP contribution < -0.4 is 0 Å². The number of hydrogen-bond donors (Lipinski definition) is 0. The predicted octanol–water partition coefficient (Wildman–Crippen LogP) is 13.2. The predicted molar refractivity (Wildman–Crippen MR) is 200 cm³/mol. The second-order valence-electron chi connectivity index (χ2n) is 13.2. The van der Waals surface area contributed by atoms with Crippen molar-refractivity contribution in [3.05, 3.63) is 157 Å². The Morgan fingerprint density at radius 1 is 0.391 bits per heavy atom. The Bertz CT molecular complexity index is 2660. The lowest BCUT2D eigenvalue weighted by Gasteiger charge is -2.22. The maximum atomic E-state index is 2.48. The van der Waals surface area contributed by atoms with E-state index in [-0.39, 0.29) is 5.41 Å². The van der Waals surface area contributed by atoms with E-state index >= 15 is 0 Å². The van der Waals surface area contributed by atoms with Gasteiger partial charge < -0.3 is 0 Å². The van der Waals surface area contributed by atoms with E-state index in [1.165, 1.54) is 97.0 Å². The molecule has 0 saturated carbocycles. The van der Waals surface area contributed by atoms with Crippen molar-refractivity contribution < 1.29 is 0 Å². The fourth-order valence-electron chi connectivity index (χ4n) is 8.30. The second kappa shape index (κ2) is 9.39. The molecule has 0 unspecified atom stereocenters. The third-order valence-electron chi connectivity index (χ3n) is 10.5. The van der Waals surface area contributed by atoms with Gasteiger partial charge in [-0.25, -0.2) is 0 Å². The minimum absolute atomic E-state index is 0.0596. The third kappa shape index (κ3) is 3.49. The van der Waals surface area contributed by atoms with Gasteiger partial charge in [0.25, 0.3) is 0 Å². The molecule has 10 rings (SSSR count). The fraction of sp³-hybridized carbons (Fsp3) is 0.0667. The Balaban J connectivity index is 1.27. The maximum Gasteiger partial charge on any atom is 0.0358 e. The highest BCUT2D eigenvalue weighted by Crippen LogP contribution is 2.53. The van der Waals surface area contributed by atoms with E-state index in [1.54, 1.807) is 0 Å². The van der Waals surface area contributed by atoms with Crippen molar-refractivity contribution in [3.8, 4) is 33.4 Å². The SMILES string of the molecule is CC1(C)c2ccc(-c3c4ccccc4c(-c4cccc5ccccc45)c4ccccc34)cc2-c2cc3c(cc21)sc1ccccc13. The molecule has 1 aromatic heterocycles. The smallest absolute Gasteiger partial charge is 0.0358 e. The summed E-state index contributed by atoms with van der Waals surface area (Å²) in [6.45, 7) is 4.78. The summed E-state index contributed by atoms with van der Waals surface area (Å²) in [5.74, 6) is 0. The van der Waals surface area contributed by atoms with Crippen LogP contribution >= 0.6 is 11.3 Å². The Labute approximate surface area is 272 Å². The van der Waals surface area contributed by atoms with Crippen molar-refractivity contribution in [2.24, 2.45) is 0 Å². The molecule has 9 aromatic rings. The molecule has 0 spiro atoms. The zero-order valence-corrected chi connectivity index (χ0v) is 26.6. The largest absolute Gasteiger partial charge is 0.135 e. The first-order valence-electron chi connectivity index (χ1n) is 16.1. The molecular formula is C45H30S. The minimum Gasteiger partial charge on any atom is -0.135 e. The summed E-state index contributed by atoms with van der Waals surface area (Å²) in [5.41, 5.74) is 10.7. The zero-order chi connectivity index (χ0) is 30.6. The monoisotopic (exact) mass is 602 g/mol. The van der Waals surface area contributed by atoms with Crippen LogP contribution in [0.3, 0.4) is 0 Å². The van der Waals surface area contributed by atoms with Crippen molar-refractivity contribution in [2.75, 3.05) is 0 Å². The van der Waals surface area contributed by atoms with E-state index < -0.39 is 0 Å². The van der Waals surface area contributed by atoms with E-state index in [9.17, 15) is 0 Å². The molecule has 0 fully saturated rings. The standard InChI is InChI=1S/C45H30S/c1-45(2)39-23-22-28(24-36(39)37-25-38-30-15-9-10-21-41(30)46-42(38)26-40(37)45)43-32-16-5-7-18-34(32)44(35-19-8-6-17-33(35)43)31-20-11-13-27-12-3-4-14-29(27)31/h3-26H,1-2H3. The lowest BCUT2D eigenvalue weighted by molar-refractivity contribution is 0.661. The molecule has 1 heterocycles. The molecule has 0 radical (unpaired) electrons. The quantitative estimate of drug-likeness (QED) is 0.173. The first-order valence-corrected chi connectivity index (χ1v) is 16.9. The molecule has 0 nitrogen and oxygen atoms in total. The van der Waals surface area contributed by atoms with Gasteiger partial charge in [0.15, 0.2) is 0 Å². The van der Waals surface area contributed by atoms with Crippen LogP contribution in [0.2, 0.25) is 0 Å². The van der Waals surface area contributed by atoms with Crippen LogP contribution in [0.5, 0.6) is 0 Å². The molecule has 1 aliphatic carbocycles. The Kier molecular flexibility index (Phi) is 5.31. The van der Waals surface area contributed by atoms with E-state index in [4.69, 9.17) is 0 Å². The van der Waals surface area contributed by atoms with Gasteiger partial charge in [-0.05, 0) is 101 Å². The summed E-state index contributed by atoms with van der Waals surface area (Å²) in [7, 11) is 0. The third-order valence-corrected chi connectivity index (χ3v) is 11.6. The normalized spacial score (nSPS) is 13.6. The van der Waals surface area contributed by atoms with E-state index in [0.717, 1.165) is 0 Å². The lowest BCUT2D eigenvalue weighted by atomic mass is 9.81. The van der Waals surface area contributed by atoms with Crippen LogP contribution in [0.25, 0.3) is 85.9 Å². The number of benzene rings is 8. The summed E-state index contributed by atoms with van der Waals surface area (Å²) in [6.07, 6.45) is 0. The highest BCUT2D eigenvalue weighted by molar-refractivity contribution is 7.25. The van der Waals surface area contributed by atoms with Gasteiger partial charge in [-0.3, -0.25) is 0 Å². The molecule has 1 heteroatoms. The van der Waals surface area contributed by atoms with Gasteiger partial charge in [-0.1, -0.05) is 135 Å². The van der Waals surface area contributed by atoms with Crippen molar-refractivity contribution in [2.45, 2.75) is 19.3 Å². The van der Waals surface area contributed by atoms with Crippen LogP contribution in [-0.4, -0.2) is 0 Å². The summed E-state index contributed by atoms with van der Waals surface area (Å²) in [4.78, 5) is 0. The molecule has 8 aromatic carbocycles. The number of hydrogen-bond acceptors (Lipinski definition) is 1. The van der Waals surface area contributed by atoms with E-state index in [1.807, 2.05) is 11.3 Å². The van der Waals surface area contributed by atoms with Gasteiger partial charge in [0, 0.05) is 25.6 Å². The molecule has 0 bridgehead atoms. The number of thiophene rings is 1. The van der Waals surface area contributed by atoms with Crippen LogP contribution in [0, 0.1) is 0 Å². The van der Waals surface area contributed by atoms with Gasteiger partial charge in [0.05, 0.1) is 0 Å². The molecule has 0 atom stereocenters. The molecular weight excluding hydrogens is 573 g/mol. The van der Waals surface area contributed by atoms with Crippen LogP contribution in [0.1, 0.15) is 25.0 Å². The van der Waals surface area contributed by atoms with Gasteiger partial charge in [0.1, 0.15) is 0 Å². The van der Waals surface area contributed by atoms with Gasteiger partial charge in [-0.2, -0.15) is 0 Å². The molecule has 0 N–H and O–H groups in total. The molecule has 0 aliphatic heterocycles. The van der Waals surface area contributed by atoms with Crippen molar-refractivity contribution >= 4 is 63.8 Å². The average molecular weight is 603 g/mol. The zero-order valence-electron chi connectivity index (χ0n) is 25.8. The minimum atomic E-state index is -0.0596. The number of rotatable bonds is 2. The first-order chi connectivity index (χ1) is 22.6. The topological polar surface area (TPSA) is 0 Å². The summed E-state index contributed by atoms with van der Waals surface area (Å²) in [5, 5.41) is 10.4. The van der Waals surface area contributed by atoms with Crippen molar-refractivity contribution in [1.82, 2.24) is 0 Å². The van der Waals surface area contributed by atoms with E-state index in [0.29, 0.717) is 0 Å². The molecule has 46 heavy (non-hydrogen) atoms. The fourth-order valence-corrected chi connectivity index (χ4v) is 9.42. The summed E-state index contributed by atoms with van der Waals surface area (Å²) < 4.78 is 2.74. The summed E-state index contributed by atoms with van der Waals surface area (Å²) in [6, 6.07) is 54.5. The highest BCUT2D eigenvalue weighted by atomic mass is 32.1.